The molecule has 50 valence electrons. The summed E-state index contributed by atoms with van der Waals surface area (Å²) in [5, 5.41) is 2.16. The lowest BCUT2D eigenvalue weighted by Gasteiger charge is -1.96. The molecule has 4 heteroatoms. The summed E-state index contributed by atoms with van der Waals surface area (Å²) < 4.78 is 0. The largest absolute Gasteiger partial charge is 0.330 e. The molecule has 0 bridgehead atoms. The minimum atomic E-state index is -0.280. The van der Waals surface area contributed by atoms with Gasteiger partial charge >= 0.3 is 0 Å². The van der Waals surface area contributed by atoms with Crippen molar-refractivity contribution in [2.75, 3.05) is 6.54 Å². The molecule has 4 nitrogen and oxygen atoms in total. The number of carbonyl (C=O) groups is 2. The molecule has 0 saturated carbocycles. The van der Waals surface area contributed by atoms with Crippen molar-refractivity contribution >= 4 is 11.8 Å². The molecule has 0 aromatic heterocycles. The topological polar surface area (TPSA) is 72.2 Å². The van der Waals surface area contributed by atoms with Crippen molar-refractivity contribution in [1.29, 1.82) is 0 Å². The van der Waals surface area contributed by atoms with Crippen LogP contribution in [0.4, 0.5) is 0 Å². The van der Waals surface area contributed by atoms with E-state index in [9.17, 15) is 9.59 Å². The zero-order chi connectivity index (χ0) is 6.85. The molecule has 1 aliphatic rings. The Labute approximate surface area is 52.4 Å². The van der Waals surface area contributed by atoms with Gasteiger partial charge in [-0.15, -0.1) is 0 Å². The highest BCUT2D eigenvalue weighted by Crippen LogP contribution is 2.07. The van der Waals surface area contributed by atoms with Crippen LogP contribution in [0.25, 0.3) is 0 Å². The van der Waals surface area contributed by atoms with Gasteiger partial charge in [0.15, 0.2) is 0 Å². The average Bonchev–Trinajstić information content (AvgIpc) is 2.10. The van der Waals surface area contributed by atoms with Crippen molar-refractivity contribution in [1.82, 2.24) is 5.32 Å². The summed E-state index contributed by atoms with van der Waals surface area (Å²) in [5.74, 6) is -0.726. The Morgan fingerprint density at radius 2 is 2.33 bits per heavy atom. The summed E-state index contributed by atoms with van der Waals surface area (Å²) in [4.78, 5) is 21.0. The Balaban J connectivity index is 2.58. The van der Waals surface area contributed by atoms with Crippen LogP contribution in [0.15, 0.2) is 0 Å². The van der Waals surface area contributed by atoms with E-state index < -0.39 is 0 Å². The molecule has 1 saturated heterocycles. The van der Waals surface area contributed by atoms with Gasteiger partial charge in [-0.1, -0.05) is 0 Å². The normalized spacial score (nSPS) is 26.6. The molecule has 0 aliphatic carbocycles. The first-order chi connectivity index (χ1) is 4.24. The second kappa shape index (κ2) is 2.14. The Morgan fingerprint density at radius 3 is 2.56 bits per heavy atom. The van der Waals surface area contributed by atoms with Gasteiger partial charge in [-0.05, 0) is 0 Å². The van der Waals surface area contributed by atoms with Crippen LogP contribution in [0.5, 0.6) is 0 Å². The van der Waals surface area contributed by atoms with Gasteiger partial charge in [0.1, 0.15) is 0 Å². The molecule has 0 aromatic rings. The molecule has 1 heterocycles. The van der Waals surface area contributed by atoms with Crippen LogP contribution >= 0.6 is 0 Å². The van der Waals surface area contributed by atoms with Gasteiger partial charge in [-0.25, -0.2) is 0 Å². The predicted octanol–water partition coefficient (Wildman–Crippen LogP) is -1.39. The van der Waals surface area contributed by atoms with Crippen LogP contribution in [-0.4, -0.2) is 18.4 Å². The number of hydrogen-bond acceptors (Lipinski definition) is 3. The Hall–Kier alpha value is -0.900. The summed E-state index contributed by atoms with van der Waals surface area (Å²) in [7, 11) is 0. The van der Waals surface area contributed by atoms with Crippen LogP contribution in [-0.2, 0) is 9.59 Å². The van der Waals surface area contributed by atoms with E-state index in [1.165, 1.54) is 0 Å². The summed E-state index contributed by atoms with van der Waals surface area (Å²) in [6.45, 7) is 0.261. The fourth-order valence-electron chi connectivity index (χ4n) is 0.797. The SMILES string of the molecule is NC[C@@H]1CC(=O)NC1=O. The zero-order valence-electron chi connectivity index (χ0n) is 4.89. The first-order valence-electron chi connectivity index (χ1n) is 2.78. The third-order valence-electron chi connectivity index (χ3n) is 1.35. The molecular formula is C5H8N2O2. The number of hydrogen-bond donors (Lipinski definition) is 2. The van der Waals surface area contributed by atoms with Crippen LogP contribution in [0.2, 0.25) is 0 Å². The minimum Gasteiger partial charge on any atom is -0.330 e. The highest BCUT2D eigenvalue weighted by atomic mass is 16.2. The molecule has 1 fully saturated rings. The number of amides is 2. The number of imide groups is 1. The number of carbonyl (C=O) groups excluding carboxylic acids is 2. The highest BCUT2D eigenvalue weighted by molar-refractivity contribution is 6.03. The monoisotopic (exact) mass is 128 g/mol. The third-order valence-corrected chi connectivity index (χ3v) is 1.35. The van der Waals surface area contributed by atoms with Crippen LogP contribution in [0.3, 0.4) is 0 Å². The molecule has 3 N–H and O–H groups in total. The van der Waals surface area contributed by atoms with Gasteiger partial charge in [0.2, 0.25) is 11.8 Å². The van der Waals surface area contributed by atoms with Crippen molar-refractivity contribution in [2.45, 2.75) is 6.42 Å². The molecule has 1 aliphatic heterocycles. The second-order valence-corrected chi connectivity index (χ2v) is 2.05. The van der Waals surface area contributed by atoms with E-state index in [2.05, 4.69) is 5.32 Å². The molecule has 0 radical (unpaired) electrons. The smallest absolute Gasteiger partial charge is 0.231 e. The molecule has 1 rings (SSSR count). The van der Waals surface area contributed by atoms with Gasteiger partial charge in [0, 0.05) is 13.0 Å². The molecule has 1 atom stereocenters. The molecule has 2 amide bonds. The lowest BCUT2D eigenvalue weighted by Crippen LogP contribution is -2.25. The summed E-state index contributed by atoms with van der Waals surface area (Å²) in [6, 6.07) is 0. The van der Waals surface area contributed by atoms with Crippen LogP contribution in [0, 0.1) is 5.92 Å². The third kappa shape index (κ3) is 1.08. The fourth-order valence-corrected chi connectivity index (χ4v) is 0.797. The summed E-state index contributed by atoms with van der Waals surface area (Å²) in [6.07, 6.45) is 0.259. The van der Waals surface area contributed by atoms with Crippen molar-refractivity contribution in [2.24, 2.45) is 11.7 Å². The second-order valence-electron chi connectivity index (χ2n) is 2.05. The lowest BCUT2D eigenvalue weighted by atomic mass is 10.1. The van der Waals surface area contributed by atoms with E-state index in [1.54, 1.807) is 0 Å². The van der Waals surface area contributed by atoms with Gasteiger partial charge < -0.3 is 5.73 Å². The Kier molecular flexibility index (Phi) is 1.48. The quantitative estimate of drug-likeness (QED) is 0.427. The first-order valence-corrected chi connectivity index (χ1v) is 2.78. The Bertz CT molecular complexity index is 155. The van der Waals surface area contributed by atoms with Gasteiger partial charge in [0.05, 0.1) is 5.92 Å². The van der Waals surface area contributed by atoms with E-state index >= 15 is 0 Å². The maximum absolute atomic E-state index is 10.6. The maximum Gasteiger partial charge on any atom is 0.231 e. The zero-order valence-corrected chi connectivity index (χ0v) is 4.89. The summed E-state index contributed by atoms with van der Waals surface area (Å²) in [5.41, 5.74) is 5.17. The van der Waals surface area contributed by atoms with E-state index in [0.29, 0.717) is 0 Å². The fraction of sp³-hybridized carbons (Fsp3) is 0.600. The minimum absolute atomic E-state index is 0.213. The van der Waals surface area contributed by atoms with E-state index in [0.717, 1.165) is 0 Å². The van der Waals surface area contributed by atoms with Crippen LogP contribution in [0.1, 0.15) is 6.42 Å². The van der Waals surface area contributed by atoms with Gasteiger partial charge in [-0.2, -0.15) is 0 Å². The number of nitrogens with one attached hydrogen (secondary N) is 1. The first kappa shape index (κ1) is 6.22. The van der Waals surface area contributed by atoms with Crippen LogP contribution < -0.4 is 11.1 Å². The molecule has 0 unspecified atom stereocenters. The van der Waals surface area contributed by atoms with Crippen molar-refractivity contribution in [3.63, 3.8) is 0 Å². The lowest BCUT2D eigenvalue weighted by molar-refractivity contribution is -0.125. The molecule has 9 heavy (non-hydrogen) atoms. The van der Waals surface area contributed by atoms with Crippen molar-refractivity contribution < 1.29 is 9.59 Å². The summed E-state index contributed by atoms with van der Waals surface area (Å²) >= 11 is 0. The van der Waals surface area contributed by atoms with Gasteiger partial charge in [-0.3, -0.25) is 14.9 Å². The standard InChI is InChI=1S/C5H8N2O2/c6-2-3-1-4(8)7-5(3)9/h3H,1-2,6H2,(H,7,8,9)/t3-/m0/s1. The van der Waals surface area contributed by atoms with E-state index in [-0.39, 0.29) is 30.7 Å². The molecule has 0 aromatic carbocycles. The molecular weight excluding hydrogens is 120 g/mol. The van der Waals surface area contributed by atoms with Gasteiger partial charge in [0.25, 0.3) is 0 Å². The maximum atomic E-state index is 10.6. The van der Waals surface area contributed by atoms with Crippen molar-refractivity contribution in [3.05, 3.63) is 0 Å². The van der Waals surface area contributed by atoms with E-state index in [1.807, 2.05) is 0 Å². The predicted molar refractivity (Wildman–Crippen MR) is 30.3 cm³/mol. The average molecular weight is 128 g/mol. The number of rotatable bonds is 1. The van der Waals surface area contributed by atoms with E-state index in [4.69, 9.17) is 5.73 Å². The number of nitrogens with two attached hydrogens (primary N) is 1. The highest BCUT2D eigenvalue weighted by Gasteiger charge is 2.28. The Morgan fingerprint density at radius 1 is 1.67 bits per heavy atom. The molecule has 0 spiro atoms. The van der Waals surface area contributed by atoms with Crippen molar-refractivity contribution in [3.8, 4) is 0 Å².